The van der Waals surface area contributed by atoms with Crippen LogP contribution in [0.15, 0.2) is 36.4 Å². The molecule has 0 atom stereocenters. The number of halogens is 1. The minimum atomic E-state index is -1.01. The Labute approximate surface area is 108 Å². The predicted octanol–water partition coefficient (Wildman–Crippen LogP) is 3.89. The zero-order valence-electron chi connectivity index (χ0n) is 9.11. The van der Waals surface area contributed by atoms with Crippen LogP contribution in [0.3, 0.4) is 0 Å². The van der Waals surface area contributed by atoms with Crippen LogP contribution in [-0.4, -0.2) is 11.1 Å². The molecule has 0 spiro atoms. The first-order valence-corrected chi connectivity index (χ1v) is 5.63. The van der Waals surface area contributed by atoms with Gasteiger partial charge in [0.25, 0.3) is 0 Å². The lowest BCUT2D eigenvalue weighted by Gasteiger charge is -2.23. The molecule has 90 valence electrons. The summed E-state index contributed by atoms with van der Waals surface area (Å²) in [6, 6.07) is 10.0. The van der Waals surface area contributed by atoms with Crippen molar-refractivity contribution in [1.29, 1.82) is 0 Å². The molecule has 4 nitrogen and oxygen atoms in total. The van der Waals surface area contributed by atoms with E-state index in [0.29, 0.717) is 27.9 Å². The number of nitrogens with one attached hydrogen (secondary N) is 1. The molecule has 0 radical (unpaired) electrons. The number of hydrogen-bond acceptors (Lipinski definition) is 3. The van der Waals surface area contributed by atoms with Gasteiger partial charge < -0.3 is 15.2 Å². The lowest BCUT2D eigenvalue weighted by molar-refractivity contribution is 0.0697. The molecular weight excluding hydrogens is 254 g/mol. The number of carboxylic acids is 1. The van der Waals surface area contributed by atoms with Gasteiger partial charge in [0.05, 0.1) is 16.9 Å². The van der Waals surface area contributed by atoms with Crippen LogP contribution in [0.4, 0.5) is 11.4 Å². The van der Waals surface area contributed by atoms with Crippen molar-refractivity contribution in [2.75, 3.05) is 5.32 Å². The number of anilines is 2. The molecule has 2 aromatic rings. The fourth-order valence-corrected chi connectivity index (χ4v) is 2.04. The maximum Gasteiger partial charge on any atom is 0.337 e. The Morgan fingerprint density at radius 1 is 1.22 bits per heavy atom. The SMILES string of the molecule is O=C(O)c1cccc2c1Nc1cc(Cl)ccc1O2. The summed E-state index contributed by atoms with van der Waals surface area (Å²) >= 11 is 5.89. The van der Waals surface area contributed by atoms with Gasteiger partial charge in [-0.05, 0) is 30.3 Å². The van der Waals surface area contributed by atoms with E-state index in [0.717, 1.165) is 0 Å². The Balaban J connectivity index is 2.14. The topological polar surface area (TPSA) is 58.6 Å². The lowest BCUT2D eigenvalue weighted by Crippen LogP contribution is -2.08. The average molecular weight is 262 g/mol. The van der Waals surface area contributed by atoms with Crippen LogP contribution in [0.2, 0.25) is 5.02 Å². The molecule has 0 fully saturated rings. The summed E-state index contributed by atoms with van der Waals surface area (Å²) in [5.74, 6) is 0.104. The standard InChI is InChI=1S/C13H8ClNO3/c14-7-4-5-10-9(6-7)15-12-8(13(16)17)2-1-3-11(12)18-10/h1-6,15H,(H,16,17). The first-order valence-electron chi connectivity index (χ1n) is 5.26. The van der Waals surface area contributed by atoms with E-state index in [1.54, 1.807) is 30.3 Å². The maximum atomic E-state index is 11.1. The third-order valence-corrected chi connectivity index (χ3v) is 2.91. The molecule has 2 N–H and O–H groups in total. The van der Waals surface area contributed by atoms with Crippen LogP contribution in [0.25, 0.3) is 0 Å². The molecule has 3 rings (SSSR count). The van der Waals surface area contributed by atoms with E-state index in [1.807, 2.05) is 0 Å². The second-order valence-electron chi connectivity index (χ2n) is 3.85. The van der Waals surface area contributed by atoms with E-state index in [-0.39, 0.29) is 5.56 Å². The van der Waals surface area contributed by atoms with Crippen molar-refractivity contribution in [2.24, 2.45) is 0 Å². The molecule has 0 unspecified atom stereocenters. The van der Waals surface area contributed by atoms with Gasteiger partial charge in [-0.1, -0.05) is 17.7 Å². The first-order chi connectivity index (χ1) is 8.65. The monoisotopic (exact) mass is 261 g/mol. The third kappa shape index (κ3) is 1.67. The van der Waals surface area contributed by atoms with Crippen molar-refractivity contribution >= 4 is 28.9 Å². The highest BCUT2D eigenvalue weighted by Gasteiger charge is 2.21. The summed E-state index contributed by atoms with van der Waals surface area (Å²) in [5.41, 5.74) is 1.27. The molecule has 1 aliphatic rings. The van der Waals surface area contributed by atoms with Gasteiger partial charge in [-0.3, -0.25) is 0 Å². The number of fused-ring (bicyclic) bond motifs is 2. The Hall–Kier alpha value is -2.20. The van der Waals surface area contributed by atoms with Crippen LogP contribution in [0, 0.1) is 0 Å². The Morgan fingerprint density at radius 2 is 2.06 bits per heavy atom. The molecule has 0 saturated carbocycles. The molecule has 0 amide bonds. The molecular formula is C13H8ClNO3. The summed E-state index contributed by atoms with van der Waals surface area (Å²) in [7, 11) is 0. The van der Waals surface area contributed by atoms with Crippen LogP contribution >= 0.6 is 11.6 Å². The number of hydrogen-bond donors (Lipinski definition) is 2. The van der Waals surface area contributed by atoms with Crippen LogP contribution in [-0.2, 0) is 0 Å². The van der Waals surface area contributed by atoms with Crippen molar-refractivity contribution in [3.63, 3.8) is 0 Å². The number of carboxylic acid groups (broad SMARTS) is 1. The summed E-state index contributed by atoms with van der Waals surface area (Å²) in [4.78, 5) is 11.1. The highest BCUT2D eigenvalue weighted by atomic mass is 35.5. The van der Waals surface area contributed by atoms with Crippen molar-refractivity contribution in [2.45, 2.75) is 0 Å². The molecule has 18 heavy (non-hydrogen) atoms. The molecule has 0 aromatic heterocycles. The van der Waals surface area contributed by atoms with Gasteiger partial charge in [-0.2, -0.15) is 0 Å². The van der Waals surface area contributed by atoms with Gasteiger partial charge in [-0.15, -0.1) is 0 Å². The number of para-hydroxylation sites is 1. The average Bonchev–Trinajstić information content (AvgIpc) is 2.35. The predicted molar refractivity (Wildman–Crippen MR) is 68.2 cm³/mol. The fourth-order valence-electron chi connectivity index (χ4n) is 1.87. The zero-order valence-corrected chi connectivity index (χ0v) is 9.86. The van der Waals surface area contributed by atoms with E-state index < -0.39 is 5.97 Å². The van der Waals surface area contributed by atoms with E-state index in [4.69, 9.17) is 21.4 Å². The summed E-state index contributed by atoms with van der Waals surface area (Å²) in [6.07, 6.45) is 0. The number of aromatic carboxylic acids is 1. The number of carbonyl (C=O) groups is 1. The Kier molecular flexibility index (Phi) is 2.38. The quantitative estimate of drug-likeness (QED) is 0.698. The Bertz CT molecular complexity index is 655. The molecule has 0 bridgehead atoms. The van der Waals surface area contributed by atoms with Gasteiger partial charge in [-0.25, -0.2) is 4.79 Å². The third-order valence-electron chi connectivity index (χ3n) is 2.68. The summed E-state index contributed by atoms with van der Waals surface area (Å²) in [5, 5.41) is 12.7. The van der Waals surface area contributed by atoms with Crippen LogP contribution in [0.1, 0.15) is 10.4 Å². The normalized spacial score (nSPS) is 11.8. The van der Waals surface area contributed by atoms with Crippen LogP contribution in [0.5, 0.6) is 11.5 Å². The molecule has 2 aromatic carbocycles. The highest BCUT2D eigenvalue weighted by molar-refractivity contribution is 6.31. The van der Waals surface area contributed by atoms with Gasteiger partial charge in [0.15, 0.2) is 11.5 Å². The molecule has 0 aliphatic carbocycles. The number of rotatable bonds is 1. The van der Waals surface area contributed by atoms with E-state index in [1.165, 1.54) is 6.07 Å². The van der Waals surface area contributed by atoms with Crippen molar-refractivity contribution in [3.8, 4) is 11.5 Å². The smallest absolute Gasteiger partial charge is 0.337 e. The molecule has 1 aliphatic heterocycles. The highest BCUT2D eigenvalue weighted by Crippen LogP contribution is 2.44. The fraction of sp³-hybridized carbons (Fsp3) is 0. The van der Waals surface area contributed by atoms with E-state index >= 15 is 0 Å². The van der Waals surface area contributed by atoms with Crippen molar-refractivity contribution in [3.05, 3.63) is 47.0 Å². The summed E-state index contributed by atoms with van der Waals surface area (Å²) < 4.78 is 5.64. The minimum absolute atomic E-state index is 0.165. The second kappa shape index (κ2) is 3.92. The molecule has 5 heteroatoms. The lowest BCUT2D eigenvalue weighted by atomic mass is 10.1. The van der Waals surface area contributed by atoms with Crippen LogP contribution < -0.4 is 10.1 Å². The van der Waals surface area contributed by atoms with Gasteiger partial charge in [0.1, 0.15) is 0 Å². The number of benzene rings is 2. The van der Waals surface area contributed by atoms with Gasteiger partial charge >= 0.3 is 5.97 Å². The second-order valence-corrected chi connectivity index (χ2v) is 4.29. The largest absolute Gasteiger partial charge is 0.478 e. The zero-order chi connectivity index (χ0) is 12.7. The molecule has 1 heterocycles. The van der Waals surface area contributed by atoms with Gasteiger partial charge in [0, 0.05) is 5.02 Å². The maximum absolute atomic E-state index is 11.1. The van der Waals surface area contributed by atoms with Gasteiger partial charge in [0.2, 0.25) is 0 Å². The number of ether oxygens (including phenoxy) is 1. The van der Waals surface area contributed by atoms with E-state index in [9.17, 15) is 4.79 Å². The first kappa shape index (κ1) is 10.9. The Morgan fingerprint density at radius 3 is 2.83 bits per heavy atom. The van der Waals surface area contributed by atoms with Crippen molar-refractivity contribution < 1.29 is 14.6 Å². The van der Waals surface area contributed by atoms with E-state index in [2.05, 4.69) is 5.32 Å². The molecule has 0 saturated heterocycles. The summed E-state index contributed by atoms with van der Waals surface area (Å²) in [6.45, 7) is 0. The van der Waals surface area contributed by atoms with Crippen molar-refractivity contribution in [1.82, 2.24) is 0 Å². The minimum Gasteiger partial charge on any atom is -0.478 e.